The van der Waals surface area contributed by atoms with E-state index in [1.165, 1.54) is 19.2 Å². The van der Waals surface area contributed by atoms with Crippen LogP contribution in [0.1, 0.15) is 30.1 Å². The van der Waals surface area contributed by atoms with Crippen molar-refractivity contribution in [3.8, 4) is 5.75 Å². The molecular weight excluding hydrogens is 245 g/mol. The van der Waals surface area contributed by atoms with Crippen molar-refractivity contribution in [1.82, 2.24) is 4.90 Å². The molecule has 0 unspecified atom stereocenters. The van der Waals surface area contributed by atoms with Crippen LogP contribution in [0.2, 0.25) is 0 Å². The quantitative estimate of drug-likeness (QED) is 0.784. The smallest absolute Gasteiger partial charge is 0.176 e. The molecule has 1 aromatic rings. The molecule has 0 aliphatic carbocycles. The number of carbonyl (C=O) groups is 1. The van der Waals surface area contributed by atoms with Crippen molar-refractivity contribution in [3.05, 3.63) is 29.6 Å². The first-order chi connectivity index (χ1) is 9.10. The van der Waals surface area contributed by atoms with Gasteiger partial charge in [0.2, 0.25) is 0 Å². The lowest BCUT2D eigenvalue weighted by atomic mass is 9.98. The number of hydrogen-bond acceptors (Lipinski definition) is 3. The van der Waals surface area contributed by atoms with E-state index in [0.29, 0.717) is 12.1 Å². The molecule has 0 atom stereocenters. The Morgan fingerprint density at radius 1 is 1.42 bits per heavy atom. The van der Waals surface area contributed by atoms with E-state index in [1.54, 1.807) is 6.07 Å². The molecule has 1 aliphatic heterocycles. The molecule has 0 bridgehead atoms. The number of halogens is 1. The van der Waals surface area contributed by atoms with Crippen LogP contribution in [0.25, 0.3) is 0 Å². The van der Waals surface area contributed by atoms with Crippen LogP contribution in [0.4, 0.5) is 4.39 Å². The van der Waals surface area contributed by atoms with Gasteiger partial charge in [-0.3, -0.25) is 9.69 Å². The summed E-state index contributed by atoms with van der Waals surface area (Å²) in [7, 11) is 1.41. The number of ketones is 1. The van der Waals surface area contributed by atoms with Crippen LogP contribution in [-0.2, 0) is 0 Å². The van der Waals surface area contributed by atoms with Crippen LogP contribution in [0.15, 0.2) is 18.2 Å². The molecule has 1 heterocycles. The summed E-state index contributed by atoms with van der Waals surface area (Å²) in [6.07, 6.45) is 2.26. The fourth-order valence-electron chi connectivity index (χ4n) is 2.35. The minimum atomic E-state index is -0.486. The van der Waals surface area contributed by atoms with E-state index in [9.17, 15) is 9.18 Å². The lowest BCUT2D eigenvalue weighted by Crippen LogP contribution is -2.36. The van der Waals surface area contributed by atoms with Crippen LogP contribution in [0, 0.1) is 11.7 Å². The maximum Gasteiger partial charge on any atom is 0.176 e. The van der Waals surface area contributed by atoms with Crippen LogP contribution in [-0.4, -0.2) is 37.4 Å². The van der Waals surface area contributed by atoms with Gasteiger partial charge < -0.3 is 4.74 Å². The van der Waals surface area contributed by atoms with E-state index >= 15 is 0 Å². The van der Waals surface area contributed by atoms with Crippen molar-refractivity contribution in [2.24, 2.45) is 5.92 Å². The average Bonchev–Trinajstić information content (AvgIpc) is 2.41. The van der Waals surface area contributed by atoms with Crippen LogP contribution in [0.5, 0.6) is 5.75 Å². The summed E-state index contributed by atoms with van der Waals surface area (Å²) in [4.78, 5) is 14.2. The Bertz CT molecular complexity index is 453. The molecule has 0 N–H and O–H groups in total. The summed E-state index contributed by atoms with van der Waals surface area (Å²) in [5.41, 5.74) is 0.414. The fourth-order valence-corrected chi connectivity index (χ4v) is 2.35. The molecule has 0 saturated carbocycles. The number of ether oxygens (including phenoxy) is 1. The Morgan fingerprint density at radius 2 is 2.11 bits per heavy atom. The summed E-state index contributed by atoms with van der Waals surface area (Å²) in [5, 5.41) is 0. The zero-order valence-corrected chi connectivity index (χ0v) is 11.5. The highest BCUT2D eigenvalue weighted by atomic mass is 19.1. The molecule has 1 fully saturated rings. The highest BCUT2D eigenvalue weighted by molar-refractivity contribution is 5.97. The summed E-state index contributed by atoms with van der Waals surface area (Å²) in [6, 6.07) is 4.38. The summed E-state index contributed by atoms with van der Waals surface area (Å²) in [5.74, 6) is 0.393. The number of nitrogens with zero attached hydrogens (tertiary/aromatic N) is 1. The van der Waals surface area contributed by atoms with E-state index in [4.69, 9.17) is 4.74 Å². The zero-order valence-electron chi connectivity index (χ0n) is 11.5. The Hall–Kier alpha value is -1.42. The Morgan fingerprint density at radius 3 is 2.68 bits per heavy atom. The molecule has 0 amide bonds. The van der Waals surface area contributed by atoms with Gasteiger partial charge in [0, 0.05) is 5.56 Å². The van der Waals surface area contributed by atoms with Crippen molar-refractivity contribution in [3.63, 3.8) is 0 Å². The molecular formula is C15H20FNO2. The van der Waals surface area contributed by atoms with Gasteiger partial charge in [-0.2, -0.15) is 0 Å². The van der Waals surface area contributed by atoms with E-state index in [0.717, 1.165) is 31.8 Å². The molecule has 2 rings (SSSR count). The van der Waals surface area contributed by atoms with E-state index in [1.807, 2.05) is 0 Å². The number of carbonyl (C=O) groups excluding carboxylic acids is 1. The van der Waals surface area contributed by atoms with Gasteiger partial charge in [-0.05, 0) is 50.0 Å². The topological polar surface area (TPSA) is 29.5 Å². The zero-order chi connectivity index (χ0) is 13.8. The number of piperidine rings is 1. The van der Waals surface area contributed by atoms with Gasteiger partial charge in [-0.25, -0.2) is 4.39 Å². The molecule has 19 heavy (non-hydrogen) atoms. The van der Waals surface area contributed by atoms with Gasteiger partial charge in [0.25, 0.3) is 0 Å². The standard InChI is InChI=1S/C15H20FNO2/c1-11-5-7-17(8-6-11)10-14(18)12-3-4-15(19-2)13(16)9-12/h3-4,9,11H,5-8,10H2,1-2H3. The molecule has 0 aromatic heterocycles. The van der Waals surface area contributed by atoms with Gasteiger partial charge in [0.15, 0.2) is 17.3 Å². The van der Waals surface area contributed by atoms with Crippen molar-refractivity contribution in [2.75, 3.05) is 26.7 Å². The number of benzene rings is 1. The van der Waals surface area contributed by atoms with Gasteiger partial charge in [-0.1, -0.05) is 6.92 Å². The minimum Gasteiger partial charge on any atom is -0.494 e. The van der Waals surface area contributed by atoms with Crippen molar-refractivity contribution in [1.29, 1.82) is 0 Å². The van der Waals surface area contributed by atoms with Gasteiger partial charge >= 0.3 is 0 Å². The average molecular weight is 265 g/mol. The first kappa shape index (κ1) is 14.0. The summed E-state index contributed by atoms with van der Waals surface area (Å²) < 4.78 is 18.4. The Balaban J connectivity index is 1.98. The monoisotopic (exact) mass is 265 g/mol. The number of hydrogen-bond donors (Lipinski definition) is 0. The summed E-state index contributed by atoms with van der Waals surface area (Å²) >= 11 is 0. The second kappa shape index (κ2) is 6.15. The fraction of sp³-hybridized carbons (Fsp3) is 0.533. The lowest BCUT2D eigenvalue weighted by Gasteiger charge is -2.29. The lowest BCUT2D eigenvalue weighted by molar-refractivity contribution is 0.0899. The van der Waals surface area contributed by atoms with E-state index in [2.05, 4.69) is 11.8 Å². The highest BCUT2D eigenvalue weighted by Gasteiger charge is 2.19. The molecule has 104 valence electrons. The van der Waals surface area contributed by atoms with Gasteiger partial charge in [0.1, 0.15) is 0 Å². The van der Waals surface area contributed by atoms with Gasteiger partial charge in [-0.15, -0.1) is 0 Å². The molecule has 0 spiro atoms. The number of rotatable bonds is 4. The number of methoxy groups -OCH3 is 1. The largest absolute Gasteiger partial charge is 0.494 e. The molecule has 0 radical (unpaired) electrons. The van der Waals surface area contributed by atoms with Crippen molar-refractivity contribution >= 4 is 5.78 Å². The third-order valence-corrected chi connectivity index (χ3v) is 3.72. The van der Waals surface area contributed by atoms with Gasteiger partial charge in [0.05, 0.1) is 13.7 Å². The van der Waals surface area contributed by atoms with Crippen LogP contribution >= 0.6 is 0 Å². The van der Waals surface area contributed by atoms with E-state index < -0.39 is 5.82 Å². The van der Waals surface area contributed by atoms with E-state index in [-0.39, 0.29) is 11.5 Å². The maximum absolute atomic E-state index is 13.5. The Kier molecular flexibility index (Phi) is 4.53. The van der Waals surface area contributed by atoms with Crippen LogP contribution in [0.3, 0.4) is 0 Å². The van der Waals surface area contributed by atoms with Crippen molar-refractivity contribution < 1.29 is 13.9 Å². The minimum absolute atomic E-state index is 0.0314. The third kappa shape index (κ3) is 3.53. The SMILES string of the molecule is COc1ccc(C(=O)CN2CCC(C)CC2)cc1F. The third-order valence-electron chi connectivity index (χ3n) is 3.72. The Labute approximate surface area is 113 Å². The molecule has 3 nitrogen and oxygen atoms in total. The first-order valence-corrected chi connectivity index (χ1v) is 6.69. The maximum atomic E-state index is 13.5. The highest BCUT2D eigenvalue weighted by Crippen LogP contribution is 2.19. The van der Waals surface area contributed by atoms with Crippen molar-refractivity contribution in [2.45, 2.75) is 19.8 Å². The normalized spacial score (nSPS) is 17.4. The molecule has 1 saturated heterocycles. The number of likely N-dealkylation sites (tertiary alicyclic amines) is 1. The molecule has 1 aliphatic rings. The second-order valence-electron chi connectivity index (χ2n) is 5.23. The predicted molar refractivity (Wildman–Crippen MR) is 72.1 cm³/mol. The van der Waals surface area contributed by atoms with Crippen LogP contribution < -0.4 is 4.74 Å². The molecule has 1 aromatic carbocycles. The predicted octanol–water partition coefficient (Wildman–Crippen LogP) is 2.75. The molecule has 4 heteroatoms. The first-order valence-electron chi connectivity index (χ1n) is 6.69. The summed E-state index contributed by atoms with van der Waals surface area (Å²) in [6.45, 7) is 4.51. The second-order valence-corrected chi connectivity index (χ2v) is 5.23. The number of Topliss-reactive ketones (excluding diaryl/α,β-unsaturated/α-hetero) is 1.